The van der Waals surface area contributed by atoms with Gasteiger partial charge in [0.2, 0.25) is 5.89 Å². The number of hydrogen-bond donors (Lipinski definition) is 2. The second-order valence-electron chi connectivity index (χ2n) is 3.49. The van der Waals surface area contributed by atoms with Gasteiger partial charge in [-0.1, -0.05) is 5.16 Å². The lowest BCUT2D eigenvalue weighted by atomic mass is 10.4. The molecule has 0 radical (unpaired) electrons. The van der Waals surface area contributed by atoms with E-state index in [1.54, 1.807) is 6.92 Å². The van der Waals surface area contributed by atoms with Gasteiger partial charge in [0.15, 0.2) is 5.82 Å². The quantitative estimate of drug-likeness (QED) is 0.710. The molecule has 0 aliphatic rings. The highest BCUT2D eigenvalue weighted by Gasteiger charge is 2.06. The van der Waals surface area contributed by atoms with E-state index < -0.39 is 11.2 Å². The highest BCUT2D eigenvalue weighted by atomic mass is 16.5. The number of aryl methyl sites for hydroxylation is 2. The maximum absolute atomic E-state index is 11.5. The van der Waals surface area contributed by atoms with E-state index in [-0.39, 0.29) is 12.4 Å². The Labute approximate surface area is 95.1 Å². The average Bonchev–Trinajstić information content (AvgIpc) is 2.62. The highest BCUT2D eigenvalue weighted by molar-refractivity contribution is 5.26. The van der Waals surface area contributed by atoms with E-state index in [2.05, 4.69) is 15.1 Å². The van der Waals surface area contributed by atoms with Crippen LogP contribution in [0.1, 0.15) is 11.7 Å². The number of aromatic amines is 1. The second kappa shape index (κ2) is 4.24. The average molecular weight is 237 g/mol. The summed E-state index contributed by atoms with van der Waals surface area (Å²) in [4.78, 5) is 28.5. The van der Waals surface area contributed by atoms with Gasteiger partial charge >= 0.3 is 5.69 Å². The Balaban J connectivity index is 2.20. The van der Waals surface area contributed by atoms with Crippen LogP contribution in [0, 0.1) is 6.92 Å². The van der Waals surface area contributed by atoms with Gasteiger partial charge < -0.3 is 10.3 Å². The molecule has 17 heavy (non-hydrogen) atoms. The molecule has 0 unspecified atom stereocenters. The number of anilines is 1. The van der Waals surface area contributed by atoms with Gasteiger partial charge in [-0.05, 0) is 0 Å². The van der Waals surface area contributed by atoms with E-state index in [9.17, 15) is 9.59 Å². The van der Waals surface area contributed by atoms with Gasteiger partial charge in [-0.2, -0.15) is 4.98 Å². The van der Waals surface area contributed by atoms with Crippen LogP contribution in [0.2, 0.25) is 0 Å². The predicted octanol–water partition coefficient (Wildman–Crippen LogP) is -0.947. The molecule has 0 fully saturated rings. The topological polar surface area (TPSA) is 120 Å². The van der Waals surface area contributed by atoms with Crippen molar-refractivity contribution in [3.8, 4) is 0 Å². The molecule has 8 nitrogen and oxygen atoms in total. The van der Waals surface area contributed by atoms with Gasteiger partial charge in [0.05, 0.1) is 0 Å². The number of H-pyrrole nitrogens is 1. The van der Waals surface area contributed by atoms with Gasteiger partial charge in [0.25, 0.3) is 5.56 Å². The summed E-state index contributed by atoms with van der Waals surface area (Å²) in [7, 11) is 0. The van der Waals surface area contributed by atoms with Crippen molar-refractivity contribution in [3.63, 3.8) is 0 Å². The number of rotatable bonds is 3. The molecule has 0 spiro atoms. The maximum Gasteiger partial charge on any atom is 0.329 e. The molecule has 0 aromatic carbocycles. The van der Waals surface area contributed by atoms with Gasteiger partial charge in [-0.3, -0.25) is 14.3 Å². The first kappa shape index (κ1) is 11.1. The van der Waals surface area contributed by atoms with Crippen molar-refractivity contribution in [3.05, 3.63) is 38.6 Å². The largest absolute Gasteiger partial charge is 0.385 e. The van der Waals surface area contributed by atoms with E-state index in [1.807, 2.05) is 0 Å². The van der Waals surface area contributed by atoms with Gasteiger partial charge in [0, 0.05) is 26.0 Å². The number of nitrogens with zero attached hydrogens (tertiary/aromatic N) is 3. The van der Waals surface area contributed by atoms with Crippen LogP contribution >= 0.6 is 0 Å². The fourth-order valence-electron chi connectivity index (χ4n) is 1.42. The zero-order chi connectivity index (χ0) is 12.4. The molecule has 2 rings (SSSR count). The van der Waals surface area contributed by atoms with E-state index in [0.29, 0.717) is 18.1 Å². The van der Waals surface area contributed by atoms with Crippen LogP contribution in [0.5, 0.6) is 0 Å². The molecule has 0 amide bonds. The van der Waals surface area contributed by atoms with Crippen LogP contribution in [-0.2, 0) is 13.0 Å². The van der Waals surface area contributed by atoms with E-state index >= 15 is 0 Å². The number of nitrogens with two attached hydrogens (primary N) is 1. The third-order valence-corrected chi connectivity index (χ3v) is 2.19. The summed E-state index contributed by atoms with van der Waals surface area (Å²) in [5.41, 5.74) is 4.51. The number of nitrogen functional groups attached to an aromatic ring is 1. The smallest absolute Gasteiger partial charge is 0.329 e. The lowest BCUT2D eigenvalue weighted by molar-refractivity contribution is 0.386. The van der Waals surface area contributed by atoms with Crippen LogP contribution in [0.4, 0.5) is 5.82 Å². The molecule has 0 atom stereocenters. The van der Waals surface area contributed by atoms with Crippen molar-refractivity contribution < 1.29 is 4.52 Å². The molecule has 0 saturated heterocycles. The van der Waals surface area contributed by atoms with Crippen molar-refractivity contribution >= 4 is 5.82 Å². The van der Waals surface area contributed by atoms with Gasteiger partial charge in [-0.15, -0.1) is 0 Å². The molecule has 0 bridgehead atoms. The lowest BCUT2D eigenvalue weighted by Crippen LogP contribution is -2.31. The Hall–Kier alpha value is -2.38. The summed E-state index contributed by atoms with van der Waals surface area (Å²) >= 11 is 0. The van der Waals surface area contributed by atoms with Crippen molar-refractivity contribution in [1.82, 2.24) is 19.7 Å². The summed E-state index contributed by atoms with van der Waals surface area (Å²) in [5.74, 6) is 1.06. The monoisotopic (exact) mass is 237 g/mol. The molecule has 90 valence electrons. The SMILES string of the molecule is Cc1nc(CCn2c(N)cc(=O)[nH]c2=O)no1. The van der Waals surface area contributed by atoms with Crippen LogP contribution in [0.3, 0.4) is 0 Å². The molecule has 0 aliphatic carbocycles. The summed E-state index contributed by atoms with van der Waals surface area (Å²) in [6.07, 6.45) is 0.396. The lowest BCUT2D eigenvalue weighted by Gasteiger charge is -2.05. The van der Waals surface area contributed by atoms with Gasteiger partial charge in [0.1, 0.15) is 5.82 Å². The summed E-state index contributed by atoms with van der Waals surface area (Å²) < 4.78 is 6.04. The first-order valence-electron chi connectivity index (χ1n) is 4.95. The molecule has 8 heteroatoms. The summed E-state index contributed by atoms with van der Waals surface area (Å²) in [5, 5.41) is 3.69. The van der Waals surface area contributed by atoms with Crippen molar-refractivity contribution in [2.24, 2.45) is 0 Å². The maximum atomic E-state index is 11.5. The molecular formula is C9H11N5O3. The van der Waals surface area contributed by atoms with E-state index in [4.69, 9.17) is 10.3 Å². The van der Waals surface area contributed by atoms with Crippen LogP contribution in [0.25, 0.3) is 0 Å². The van der Waals surface area contributed by atoms with Crippen LogP contribution in [0.15, 0.2) is 20.2 Å². The van der Waals surface area contributed by atoms with Crippen LogP contribution in [-0.4, -0.2) is 19.7 Å². The Morgan fingerprint density at radius 3 is 2.88 bits per heavy atom. The second-order valence-corrected chi connectivity index (χ2v) is 3.49. The molecule has 2 aromatic rings. The first-order valence-corrected chi connectivity index (χ1v) is 4.95. The minimum atomic E-state index is -0.546. The minimum absolute atomic E-state index is 0.110. The third kappa shape index (κ3) is 2.41. The summed E-state index contributed by atoms with van der Waals surface area (Å²) in [6.45, 7) is 1.96. The zero-order valence-electron chi connectivity index (χ0n) is 9.14. The molecule has 2 aromatic heterocycles. The molecule has 2 heterocycles. The third-order valence-electron chi connectivity index (χ3n) is 2.19. The Kier molecular flexibility index (Phi) is 2.77. The van der Waals surface area contributed by atoms with Gasteiger partial charge in [-0.25, -0.2) is 4.79 Å². The highest BCUT2D eigenvalue weighted by Crippen LogP contribution is 1.99. The number of nitrogens with one attached hydrogen (secondary N) is 1. The van der Waals surface area contributed by atoms with Crippen LogP contribution < -0.4 is 17.0 Å². The minimum Gasteiger partial charge on any atom is -0.385 e. The Bertz CT molecular complexity index is 639. The summed E-state index contributed by atoms with van der Waals surface area (Å²) in [6, 6.07) is 1.16. The standard InChI is InChI=1S/C9H11N5O3/c1-5-11-7(13-17-5)2-3-14-6(10)4-8(15)12-9(14)16/h4H,2-3,10H2,1H3,(H,12,15,16). The van der Waals surface area contributed by atoms with Crippen molar-refractivity contribution in [2.75, 3.05) is 5.73 Å². The van der Waals surface area contributed by atoms with E-state index in [0.717, 1.165) is 6.07 Å². The van der Waals surface area contributed by atoms with Crippen molar-refractivity contribution in [1.29, 1.82) is 0 Å². The number of aromatic nitrogens is 4. The predicted molar refractivity (Wildman–Crippen MR) is 58.5 cm³/mol. The zero-order valence-corrected chi connectivity index (χ0v) is 9.14. The normalized spacial score (nSPS) is 10.6. The molecular weight excluding hydrogens is 226 g/mol. The number of hydrogen-bond acceptors (Lipinski definition) is 6. The fraction of sp³-hybridized carbons (Fsp3) is 0.333. The van der Waals surface area contributed by atoms with E-state index in [1.165, 1.54) is 4.57 Å². The molecule has 3 N–H and O–H groups in total. The van der Waals surface area contributed by atoms with Crippen molar-refractivity contribution in [2.45, 2.75) is 19.9 Å². The molecule has 0 saturated carbocycles. The Morgan fingerprint density at radius 1 is 1.53 bits per heavy atom. The fourth-order valence-corrected chi connectivity index (χ4v) is 1.42. The first-order chi connectivity index (χ1) is 8.06. The molecule has 0 aliphatic heterocycles. The Morgan fingerprint density at radius 2 is 2.29 bits per heavy atom.